The second kappa shape index (κ2) is 5.14. The molecule has 2 aromatic rings. The molecule has 2 N–H and O–H groups in total. The molecule has 92 valence electrons. The zero-order chi connectivity index (χ0) is 13.1. The number of nitrogens with zero attached hydrogens (tertiary/aromatic N) is 2. The fraction of sp³-hybridized carbons (Fsp3) is 0.143. The standard InChI is InChI=1S/C14H15N3S/c1-10-4-3-5-12(8-10)17(2)13-9-11(14(15)18)6-7-16-13/h3-9H,1-2H3,(H2,15,18). The molecule has 2 rings (SSSR count). The number of aryl methyl sites for hydroxylation is 1. The van der Waals surface area contributed by atoms with Crippen LogP contribution >= 0.6 is 12.2 Å². The Bertz CT molecular complexity index is 581. The fourth-order valence-electron chi connectivity index (χ4n) is 1.72. The van der Waals surface area contributed by atoms with E-state index in [1.165, 1.54) is 5.56 Å². The van der Waals surface area contributed by atoms with E-state index in [1.54, 1.807) is 6.20 Å². The third kappa shape index (κ3) is 2.65. The van der Waals surface area contributed by atoms with Crippen LogP contribution in [0.4, 0.5) is 11.5 Å². The second-order valence-electron chi connectivity index (χ2n) is 4.16. The summed E-state index contributed by atoms with van der Waals surface area (Å²) in [5.41, 5.74) is 8.76. The zero-order valence-electron chi connectivity index (χ0n) is 10.4. The monoisotopic (exact) mass is 257 g/mol. The molecule has 1 heterocycles. The van der Waals surface area contributed by atoms with Crippen LogP contribution < -0.4 is 10.6 Å². The summed E-state index contributed by atoms with van der Waals surface area (Å²) < 4.78 is 0. The van der Waals surface area contributed by atoms with Crippen LogP contribution in [0.3, 0.4) is 0 Å². The van der Waals surface area contributed by atoms with Gasteiger partial charge in [0.15, 0.2) is 0 Å². The van der Waals surface area contributed by atoms with Crippen molar-refractivity contribution < 1.29 is 0 Å². The molecule has 0 aliphatic heterocycles. The molecule has 0 spiro atoms. The Morgan fingerprint density at radius 1 is 1.28 bits per heavy atom. The van der Waals surface area contributed by atoms with E-state index in [4.69, 9.17) is 18.0 Å². The first-order chi connectivity index (χ1) is 8.58. The highest BCUT2D eigenvalue weighted by atomic mass is 32.1. The van der Waals surface area contributed by atoms with E-state index >= 15 is 0 Å². The highest BCUT2D eigenvalue weighted by molar-refractivity contribution is 7.80. The molecule has 4 heteroatoms. The molecule has 0 bridgehead atoms. The molecular weight excluding hydrogens is 242 g/mol. The summed E-state index contributed by atoms with van der Waals surface area (Å²) in [6, 6.07) is 12.0. The Morgan fingerprint density at radius 2 is 2.06 bits per heavy atom. The highest BCUT2D eigenvalue weighted by Crippen LogP contribution is 2.22. The predicted octanol–water partition coefficient (Wildman–Crippen LogP) is 2.79. The predicted molar refractivity (Wildman–Crippen MR) is 79.4 cm³/mol. The molecule has 0 fully saturated rings. The second-order valence-corrected chi connectivity index (χ2v) is 4.60. The number of hydrogen-bond donors (Lipinski definition) is 1. The third-order valence-corrected chi connectivity index (χ3v) is 3.00. The van der Waals surface area contributed by atoms with E-state index in [2.05, 4.69) is 24.0 Å². The van der Waals surface area contributed by atoms with Crippen molar-refractivity contribution in [1.82, 2.24) is 4.98 Å². The van der Waals surface area contributed by atoms with E-state index in [1.807, 2.05) is 36.2 Å². The minimum absolute atomic E-state index is 0.385. The van der Waals surface area contributed by atoms with Gasteiger partial charge < -0.3 is 10.6 Å². The number of benzene rings is 1. The molecule has 1 aromatic heterocycles. The van der Waals surface area contributed by atoms with Crippen LogP contribution in [0.2, 0.25) is 0 Å². The van der Waals surface area contributed by atoms with E-state index < -0.39 is 0 Å². The number of anilines is 2. The van der Waals surface area contributed by atoms with Crippen molar-refractivity contribution in [3.8, 4) is 0 Å². The van der Waals surface area contributed by atoms with Gasteiger partial charge in [0.2, 0.25) is 0 Å². The third-order valence-electron chi connectivity index (χ3n) is 2.76. The zero-order valence-corrected chi connectivity index (χ0v) is 11.2. The Kier molecular flexibility index (Phi) is 3.58. The minimum atomic E-state index is 0.385. The van der Waals surface area contributed by atoms with Crippen molar-refractivity contribution in [2.24, 2.45) is 5.73 Å². The number of rotatable bonds is 3. The van der Waals surface area contributed by atoms with E-state index in [0.29, 0.717) is 4.99 Å². The van der Waals surface area contributed by atoms with Crippen LogP contribution in [0, 0.1) is 6.92 Å². The van der Waals surface area contributed by atoms with Crippen molar-refractivity contribution in [1.29, 1.82) is 0 Å². The Balaban J connectivity index is 2.36. The van der Waals surface area contributed by atoms with Gasteiger partial charge in [-0.05, 0) is 36.8 Å². The molecular formula is C14H15N3S. The molecule has 0 saturated carbocycles. The largest absolute Gasteiger partial charge is 0.389 e. The molecule has 1 aromatic carbocycles. The Morgan fingerprint density at radius 3 is 2.72 bits per heavy atom. The number of nitrogens with two attached hydrogens (primary N) is 1. The summed E-state index contributed by atoms with van der Waals surface area (Å²) >= 11 is 4.98. The van der Waals surface area contributed by atoms with E-state index in [0.717, 1.165) is 17.1 Å². The Hall–Kier alpha value is -1.94. The summed E-state index contributed by atoms with van der Waals surface area (Å²) in [6.45, 7) is 2.07. The van der Waals surface area contributed by atoms with Gasteiger partial charge in [-0.2, -0.15) is 0 Å². The lowest BCUT2D eigenvalue weighted by atomic mass is 10.2. The molecule has 0 amide bonds. The lowest BCUT2D eigenvalue weighted by Crippen LogP contribution is -2.14. The highest BCUT2D eigenvalue weighted by Gasteiger charge is 2.07. The normalized spacial score (nSPS) is 10.1. The Labute approximate surface area is 112 Å². The van der Waals surface area contributed by atoms with Gasteiger partial charge in [-0.15, -0.1) is 0 Å². The van der Waals surface area contributed by atoms with E-state index in [9.17, 15) is 0 Å². The van der Waals surface area contributed by atoms with Crippen LogP contribution in [-0.4, -0.2) is 17.0 Å². The quantitative estimate of drug-likeness (QED) is 0.859. The van der Waals surface area contributed by atoms with Gasteiger partial charge in [0.25, 0.3) is 0 Å². The van der Waals surface area contributed by atoms with Gasteiger partial charge in [-0.1, -0.05) is 24.4 Å². The molecule has 18 heavy (non-hydrogen) atoms. The molecule has 3 nitrogen and oxygen atoms in total. The van der Waals surface area contributed by atoms with Gasteiger partial charge in [0.05, 0.1) is 0 Å². The van der Waals surface area contributed by atoms with Crippen molar-refractivity contribution in [3.63, 3.8) is 0 Å². The molecule has 0 unspecified atom stereocenters. The first-order valence-electron chi connectivity index (χ1n) is 5.64. The van der Waals surface area contributed by atoms with Crippen LogP contribution in [0.25, 0.3) is 0 Å². The molecule has 0 aliphatic rings. The maximum atomic E-state index is 5.63. The van der Waals surface area contributed by atoms with Gasteiger partial charge in [0.1, 0.15) is 10.8 Å². The molecule has 0 radical (unpaired) electrons. The summed E-state index contributed by atoms with van der Waals surface area (Å²) in [5.74, 6) is 0.825. The van der Waals surface area contributed by atoms with Gasteiger partial charge in [0, 0.05) is 24.5 Å². The van der Waals surface area contributed by atoms with Gasteiger partial charge >= 0.3 is 0 Å². The topological polar surface area (TPSA) is 42.1 Å². The van der Waals surface area contributed by atoms with Gasteiger partial charge in [-0.3, -0.25) is 0 Å². The first-order valence-corrected chi connectivity index (χ1v) is 6.05. The van der Waals surface area contributed by atoms with Crippen LogP contribution in [-0.2, 0) is 0 Å². The summed E-state index contributed by atoms with van der Waals surface area (Å²) in [6.07, 6.45) is 1.72. The van der Waals surface area contributed by atoms with Crippen molar-refractivity contribution in [3.05, 3.63) is 53.7 Å². The first kappa shape index (κ1) is 12.5. The lowest BCUT2D eigenvalue weighted by Gasteiger charge is -2.19. The van der Waals surface area contributed by atoms with Gasteiger partial charge in [-0.25, -0.2) is 4.98 Å². The van der Waals surface area contributed by atoms with Crippen LogP contribution in [0.5, 0.6) is 0 Å². The average molecular weight is 257 g/mol. The SMILES string of the molecule is Cc1cccc(N(C)c2cc(C(N)=S)ccn2)c1. The lowest BCUT2D eigenvalue weighted by molar-refractivity contribution is 1.12. The van der Waals surface area contributed by atoms with Crippen LogP contribution in [0.1, 0.15) is 11.1 Å². The smallest absolute Gasteiger partial charge is 0.133 e. The summed E-state index contributed by atoms with van der Waals surface area (Å²) in [4.78, 5) is 6.73. The van der Waals surface area contributed by atoms with Crippen molar-refractivity contribution in [2.45, 2.75) is 6.92 Å². The molecule has 0 atom stereocenters. The number of hydrogen-bond acceptors (Lipinski definition) is 3. The van der Waals surface area contributed by atoms with Crippen molar-refractivity contribution >= 4 is 28.7 Å². The number of thiocarbonyl (C=S) groups is 1. The van der Waals surface area contributed by atoms with E-state index in [-0.39, 0.29) is 0 Å². The fourth-order valence-corrected chi connectivity index (χ4v) is 1.85. The number of aromatic nitrogens is 1. The minimum Gasteiger partial charge on any atom is -0.389 e. The number of pyridine rings is 1. The average Bonchev–Trinajstić information content (AvgIpc) is 2.38. The maximum Gasteiger partial charge on any atom is 0.133 e. The summed E-state index contributed by atoms with van der Waals surface area (Å²) in [5, 5.41) is 0. The maximum absolute atomic E-state index is 5.63. The van der Waals surface area contributed by atoms with Crippen LogP contribution in [0.15, 0.2) is 42.6 Å². The molecule has 0 aliphatic carbocycles. The van der Waals surface area contributed by atoms with Crippen molar-refractivity contribution in [2.75, 3.05) is 11.9 Å². The summed E-state index contributed by atoms with van der Waals surface area (Å²) in [7, 11) is 1.97. The molecule has 0 saturated heterocycles.